The topological polar surface area (TPSA) is 75.1 Å². The molecule has 0 unspecified atom stereocenters. The predicted octanol–water partition coefficient (Wildman–Crippen LogP) is 0.730. The van der Waals surface area contributed by atoms with Crippen LogP contribution in [0.5, 0.6) is 5.75 Å². The van der Waals surface area contributed by atoms with Crippen LogP contribution in [0.15, 0.2) is 27.8 Å². The van der Waals surface area contributed by atoms with Gasteiger partial charge in [0.05, 0.1) is 10.9 Å². The summed E-state index contributed by atoms with van der Waals surface area (Å²) in [6.45, 7) is 0. The van der Waals surface area contributed by atoms with Gasteiger partial charge in [-0.1, -0.05) is 6.07 Å². The number of para-hydroxylation sites is 1. The number of nitrogens with zero attached hydrogens (tertiary/aromatic N) is 1. The van der Waals surface area contributed by atoms with Crippen molar-refractivity contribution in [3.63, 3.8) is 0 Å². The van der Waals surface area contributed by atoms with Crippen molar-refractivity contribution in [1.82, 2.24) is 9.55 Å². The van der Waals surface area contributed by atoms with E-state index in [9.17, 15) is 14.7 Å². The molecule has 0 aliphatic heterocycles. The van der Waals surface area contributed by atoms with Crippen molar-refractivity contribution in [2.75, 3.05) is 0 Å². The third kappa shape index (κ3) is 1.18. The molecule has 5 nitrogen and oxygen atoms in total. The van der Waals surface area contributed by atoms with E-state index in [4.69, 9.17) is 0 Å². The molecule has 5 heteroatoms. The summed E-state index contributed by atoms with van der Waals surface area (Å²) in [7, 11) is 0. The first-order valence-electron chi connectivity index (χ1n) is 5.15. The number of aromatic hydroxyl groups is 1. The zero-order valence-corrected chi connectivity index (χ0v) is 8.43. The second-order valence-electron chi connectivity index (χ2n) is 4.04. The van der Waals surface area contributed by atoms with Crippen molar-refractivity contribution >= 4 is 10.9 Å². The van der Waals surface area contributed by atoms with E-state index < -0.39 is 5.69 Å². The van der Waals surface area contributed by atoms with Crippen LogP contribution in [0.1, 0.15) is 18.9 Å². The van der Waals surface area contributed by atoms with Crippen molar-refractivity contribution in [2.24, 2.45) is 0 Å². The Morgan fingerprint density at radius 3 is 2.75 bits per heavy atom. The quantitative estimate of drug-likeness (QED) is 0.740. The summed E-state index contributed by atoms with van der Waals surface area (Å²) in [5.41, 5.74) is -0.548. The lowest BCUT2D eigenvalue weighted by atomic mass is 10.2. The van der Waals surface area contributed by atoms with E-state index in [2.05, 4.69) is 4.98 Å². The minimum atomic E-state index is -0.443. The lowest BCUT2D eigenvalue weighted by Crippen LogP contribution is -2.34. The van der Waals surface area contributed by atoms with Gasteiger partial charge in [0, 0.05) is 6.04 Å². The fourth-order valence-corrected chi connectivity index (χ4v) is 1.90. The molecule has 0 bridgehead atoms. The number of aromatic amines is 1. The van der Waals surface area contributed by atoms with Crippen molar-refractivity contribution in [2.45, 2.75) is 18.9 Å². The van der Waals surface area contributed by atoms with Gasteiger partial charge in [0.2, 0.25) is 0 Å². The number of phenols is 1. The number of benzene rings is 1. The van der Waals surface area contributed by atoms with Gasteiger partial charge in [0.1, 0.15) is 5.75 Å². The molecule has 1 fully saturated rings. The highest BCUT2D eigenvalue weighted by atomic mass is 16.3. The van der Waals surface area contributed by atoms with E-state index in [1.165, 1.54) is 10.6 Å². The summed E-state index contributed by atoms with van der Waals surface area (Å²) in [4.78, 5) is 26.2. The maximum Gasteiger partial charge on any atom is 0.329 e. The second kappa shape index (κ2) is 2.98. The van der Waals surface area contributed by atoms with Crippen LogP contribution in [0.25, 0.3) is 10.9 Å². The van der Waals surface area contributed by atoms with Gasteiger partial charge in [-0.3, -0.25) is 9.36 Å². The molecule has 0 spiro atoms. The molecule has 0 amide bonds. The van der Waals surface area contributed by atoms with E-state index >= 15 is 0 Å². The fourth-order valence-electron chi connectivity index (χ4n) is 1.90. The summed E-state index contributed by atoms with van der Waals surface area (Å²) in [6, 6.07) is 4.67. The zero-order chi connectivity index (χ0) is 11.3. The molecule has 1 heterocycles. The maximum atomic E-state index is 12.0. The van der Waals surface area contributed by atoms with Crippen LogP contribution >= 0.6 is 0 Å². The number of rotatable bonds is 1. The predicted molar refractivity (Wildman–Crippen MR) is 58.8 cm³/mol. The summed E-state index contributed by atoms with van der Waals surface area (Å²) >= 11 is 0. The van der Waals surface area contributed by atoms with Gasteiger partial charge in [-0.2, -0.15) is 0 Å². The van der Waals surface area contributed by atoms with Gasteiger partial charge in [-0.15, -0.1) is 0 Å². The summed E-state index contributed by atoms with van der Waals surface area (Å²) in [5, 5.41) is 9.90. The van der Waals surface area contributed by atoms with Crippen LogP contribution in [0.4, 0.5) is 0 Å². The molecule has 1 saturated carbocycles. The number of H-pyrrole nitrogens is 1. The van der Waals surface area contributed by atoms with Gasteiger partial charge in [0.15, 0.2) is 0 Å². The number of fused-ring (bicyclic) bond motifs is 1. The maximum absolute atomic E-state index is 12.0. The van der Waals surface area contributed by atoms with E-state index in [-0.39, 0.29) is 22.9 Å². The lowest BCUT2D eigenvalue weighted by Gasteiger charge is -2.05. The highest BCUT2D eigenvalue weighted by Gasteiger charge is 2.27. The van der Waals surface area contributed by atoms with E-state index in [1.54, 1.807) is 12.1 Å². The molecule has 0 radical (unpaired) electrons. The lowest BCUT2D eigenvalue weighted by molar-refractivity contribution is 0.479. The Kier molecular flexibility index (Phi) is 1.71. The Morgan fingerprint density at radius 1 is 1.31 bits per heavy atom. The molecule has 1 aliphatic carbocycles. The second-order valence-corrected chi connectivity index (χ2v) is 4.04. The van der Waals surface area contributed by atoms with Gasteiger partial charge in [-0.25, -0.2) is 4.79 Å². The Balaban J connectivity index is 2.48. The molecule has 0 saturated heterocycles. The molecule has 1 aliphatic rings. The van der Waals surface area contributed by atoms with Crippen molar-refractivity contribution in [3.05, 3.63) is 39.0 Å². The average molecular weight is 218 g/mol. The first-order chi connectivity index (χ1) is 7.68. The van der Waals surface area contributed by atoms with E-state index in [0.717, 1.165) is 12.8 Å². The van der Waals surface area contributed by atoms with E-state index in [0.29, 0.717) is 5.39 Å². The molecule has 1 aromatic carbocycles. The number of hydrogen-bond acceptors (Lipinski definition) is 3. The van der Waals surface area contributed by atoms with Gasteiger partial charge >= 0.3 is 5.69 Å². The number of nitrogens with one attached hydrogen (secondary N) is 1. The van der Waals surface area contributed by atoms with Crippen molar-refractivity contribution in [3.8, 4) is 5.75 Å². The van der Waals surface area contributed by atoms with Gasteiger partial charge in [-0.05, 0) is 25.0 Å². The number of hydrogen-bond donors (Lipinski definition) is 2. The minimum absolute atomic E-state index is 0.0306. The summed E-state index contributed by atoms with van der Waals surface area (Å²) in [5.74, 6) is -0.0744. The minimum Gasteiger partial charge on any atom is -0.506 e. The van der Waals surface area contributed by atoms with Crippen molar-refractivity contribution < 1.29 is 5.11 Å². The largest absolute Gasteiger partial charge is 0.506 e. The normalized spacial score (nSPS) is 15.5. The molecular formula is C11H10N2O3. The van der Waals surface area contributed by atoms with Gasteiger partial charge in [0.25, 0.3) is 5.56 Å². The Labute approximate surface area is 90.0 Å². The standard InChI is InChI=1S/C11H10N2O3/c14-8-3-1-2-7-9(8)12-11(16)13(10(7)15)6-4-5-6/h1-3,6,14H,4-5H2,(H,12,16). The van der Waals surface area contributed by atoms with Crippen LogP contribution in [0, 0.1) is 0 Å². The average Bonchev–Trinajstić information content (AvgIpc) is 3.04. The Hall–Kier alpha value is -2.04. The van der Waals surface area contributed by atoms with Crippen LogP contribution < -0.4 is 11.2 Å². The molecule has 2 aromatic rings. The van der Waals surface area contributed by atoms with Crippen LogP contribution in [-0.4, -0.2) is 14.7 Å². The molecule has 16 heavy (non-hydrogen) atoms. The van der Waals surface area contributed by atoms with Crippen molar-refractivity contribution in [1.29, 1.82) is 0 Å². The smallest absolute Gasteiger partial charge is 0.329 e. The summed E-state index contributed by atoms with van der Waals surface area (Å²) in [6.07, 6.45) is 1.74. The molecule has 2 N–H and O–H groups in total. The third-order valence-corrected chi connectivity index (χ3v) is 2.85. The first-order valence-corrected chi connectivity index (χ1v) is 5.15. The van der Waals surface area contributed by atoms with Crippen LogP contribution in [-0.2, 0) is 0 Å². The highest BCUT2D eigenvalue weighted by Crippen LogP contribution is 2.32. The monoisotopic (exact) mass is 218 g/mol. The number of phenolic OH excluding ortho intramolecular Hbond substituents is 1. The molecule has 3 rings (SSSR count). The fraction of sp³-hybridized carbons (Fsp3) is 0.273. The number of aromatic nitrogens is 2. The van der Waals surface area contributed by atoms with Gasteiger partial charge < -0.3 is 10.1 Å². The first kappa shape index (κ1) is 9.21. The SMILES string of the molecule is O=c1[nH]c2c(O)cccc2c(=O)n1C1CC1. The molecular weight excluding hydrogens is 208 g/mol. The zero-order valence-electron chi connectivity index (χ0n) is 8.43. The highest BCUT2D eigenvalue weighted by molar-refractivity contribution is 5.82. The van der Waals surface area contributed by atoms with E-state index in [1.807, 2.05) is 0 Å². The van der Waals surface area contributed by atoms with Crippen LogP contribution in [0.2, 0.25) is 0 Å². The molecule has 1 aromatic heterocycles. The summed E-state index contributed by atoms with van der Waals surface area (Å²) < 4.78 is 1.24. The molecule has 0 atom stereocenters. The Morgan fingerprint density at radius 2 is 2.06 bits per heavy atom. The molecule has 82 valence electrons. The third-order valence-electron chi connectivity index (χ3n) is 2.85. The Bertz CT molecular complexity index is 680. The van der Waals surface area contributed by atoms with Crippen LogP contribution in [0.3, 0.4) is 0 Å².